The van der Waals surface area contributed by atoms with Gasteiger partial charge in [0.05, 0.1) is 0 Å². The van der Waals surface area contributed by atoms with Gasteiger partial charge in [-0.2, -0.15) is 0 Å². The first-order valence-electron chi connectivity index (χ1n) is 5.95. The summed E-state index contributed by atoms with van der Waals surface area (Å²) in [6.45, 7) is 2.55. The summed E-state index contributed by atoms with van der Waals surface area (Å²) < 4.78 is 5.21. The van der Waals surface area contributed by atoms with E-state index in [1.807, 2.05) is 19.1 Å². The molecule has 2 amide bonds. The fourth-order valence-electron chi connectivity index (χ4n) is 1.76. The third-order valence-corrected chi connectivity index (χ3v) is 2.84. The number of nitrogens with one attached hydrogen (secondary N) is 2. The first kappa shape index (κ1) is 12.6. The zero-order valence-corrected chi connectivity index (χ0v) is 10.2. The molecular formula is C13H16N2O3. The zero-order chi connectivity index (χ0) is 13.0. The van der Waals surface area contributed by atoms with Gasteiger partial charge in [0.15, 0.2) is 0 Å². The Morgan fingerprint density at radius 1 is 1.22 bits per heavy atom. The van der Waals surface area contributed by atoms with Crippen molar-refractivity contribution in [3.8, 4) is 0 Å². The highest BCUT2D eigenvalue weighted by atomic mass is 16.5. The van der Waals surface area contributed by atoms with Crippen LogP contribution >= 0.6 is 0 Å². The molecule has 0 spiro atoms. The first-order valence-corrected chi connectivity index (χ1v) is 5.95. The van der Waals surface area contributed by atoms with Gasteiger partial charge in [-0.15, -0.1) is 0 Å². The van der Waals surface area contributed by atoms with Gasteiger partial charge in [0, 0.05) is 12.2 Å². The van der Waals surface area contributed by atoms with Gasteiger partial charge in [0.2, 0.25) is 0 Å². The highest BCUT2D eigenvalue weighted by Crippen LogP contribution is 2.11. The second-order valence-electron chi connectivity index (χ2n) is 4.31. The van der Waals surface area contributed by atoms with Crippen LogP contribution in [0.4, 0.5) is 0 Å². The van der Waals surface area contributed by atoms with Crippen molar-refractivity contribution >= 4 is 11.8 Å². The molecule has 1 aromatic rings. The van der Waals surface area contributed by atoms with Crippen LogP contribution in [0.5, 0.6) is 0 Å². The molecule has 1 unspecified atom stereocenters. The lowest BCUT2D eigenvalue weighted by atomic mass is 10.1. The molecule has 0 bridgehead atoms. The molecule has 0 saturated carbocycles. The van der Waals surface area contributed by atoms with Crippen molar-refractivity contribution in [2.24, 2.45) is 0 Å². The Bertz CT molecular complexity index is 436. The van der Waals surface area contributed by atoms with Crippen molar-refractivity contribution in [2.75, 3.05) is 6.61 Å². The average Bonchev–Trinajstić information content (AvgIpc) is 2.90. The summed E-state index contributed by atoms with van der Waals surface area (Å²) in [6, 6.07) is 7.11. The summed E-state index contributed by atoms with van der Waals surface area (Å²) in [5.74, 6) is -0.630. The van der Waals surface area contributed by atoms with Gasteiger partial charge < -0.3 is 4.74 Å². The minimum Gasteiger partial charge on any atom is -0.368 e. The van der Waals surface area contributed by atoms with E-state index >= 15 is 0 Å². The molecule has 0 aliphatic carbocycles. The summed E-state index contributed by atoms with van der Waals surface area (Å²) >= 11 is 0. The van der Waals surface area contributed by atoms with Crippen LogP contribution in [0.15, 0.2) is 24.3 Å². The van der Waals surface area contributed by atoms with Crippen molar-refractivity contribution in [3.05, 3.63) is 35.4 Å². The number of hydrazine groups is 1. The third kappa shape index (κ3) is 3.07. The van der Waals surface area contributed by atoms with Gasteiger partial charge in [0.1, 0.15) is 6.10 Å². The summed E-state index contributed by atoms with van der Waals surface area (Å²) in [5, 5.41) is 0. The number of ether oxygens (including phenoxy) is 1. The van der Waals surface area contributed by atoms with Gasteiger partial charge >= 0.3 is 0 Å². The van der Waals surface area contributed by atoms with Gasteiger partial charge in [0.25, 0.3) is 11.8 Å². The number of carbonyl (C=O) groups excluding carboxylic acids is 2. The van der Waals surface area contributed by atoms with Crippen LogP contribution in [0, 0.1) is 6.92 Å². The molecule has 1 saturated heterocycles. The van der Waals surface area contributed by atoms with E-state index in [1.165, 1.54) is 0 Å². The molecule has 1 aliphatic rings. The van der Waals surface area contributed by atoms with E-state index in [4.69, 9.17) is 4.74 Å². The van der Waals surface area contributed by atoms with Crippen molar-refractivity contribution in [1.29, 1.82) is 0 Å². The fourth-order valence-corrected chi connectivity index (χ4v) is 1.76. The van der Waals surface area contributed by atoms with E-state index in [-0.39, 0.29) is 11.8 Å². The fraction of sp³-hybridized carbons (Fsp3) is 0.385. The van der Waals surface area contributed by atoms with Crippen molar-refractivity contribution in [2.45, 2.75) is 25.9 Å². The predicted octanol–water partition coefficient (Wildman–Crippen LogP) is 0.935. The second-order valence-corrected chi connectivity index (χ2v) is 4.31. The van der Waals surface area contributed by atoms with Gasteiger partial charge in [-0.3, -0.25) is 20.4 Å². The van der Waals surface area contributed by atoms with E-state index in [0.717, 1.165) is 12.0 Å². The minimum absolute atomic E-state index is 0.298. The van der Waals surface area contributed by atoms with Crippen LogP contribution < -0.4 is 10.9 Å². The molecule has 5 nitrogen and oxygen atoms in total. The van der Waals surface area contributed by atoms with Gasteiger partial charge in [-0.1, -0.05) is 17.7 Å². The smallest absolute Gasteiger partial charge is 0.269 e. The topological polar surface area (TPSA) is 67.4 Å². The maximum Gasteiger partial charge on any atom is 0.269 e. The van der Waals surface area contributed by atoms with Crippen LogP contribution in [-0.4, -0.2) is 24.5 Å². The van der Waals surface area contributed by atoms with E-state index in [2.05, 4.69) is 10.9 Å². The molecule has 0 aromatic heterocycles. The second kappa shape index (κ2) is 5.64. The molecule has 1 aromatic carbocycles. The monoisotopic (exact) mass is 248 g/mol. The van der Waals surface area contributed by atoms with E-state index in [1.54, 1.807) is 12.1 Å². The molecule has 5 heteroatoms. The predicted molar refractivity (Wildman–Crippen MR) is 65.8 cm³/mol. The molecule has 1 fully saturated rings. The van der Waals surface area contributed by atoms with Gasteiger partial charge in [-0.05, 0) is 31.9 Å². The number of hydrogen-bond donors (Lipinski definition) is 2. The summed E-state index contributed by atoms with van der Waals surface area (Å²) in [6.07, 6.45) is 1.14. The number of benzene rings is 1. The molecule has 18 heavy (non-hydrogen) atoms. The molecule has 96 valence electrons. The van der Waals surface area contributed by atoms with Crippen molar-refractivity contribution in [3.63, 3.8) is 0 Å². The molecule has 1 heterocycles. The number of carbonyl (C=O) groups is 2. The lowest BCUT2D eigenvalue weighted by Gasteiger charge is -2.11. The maximum atomic E-state index is 11.7. The van der Waals surface area contributed by atoms with E-state index in [0.29, 0.717) is 18.6 Å². The Balaban J connectivity index is 1.84. The van der Waals surface area contributed by atoms with E-state index < -0.39 is 6.10 Å². The van der Waals surface area contributed by atoms with E-state index in [9.17, 15) is 9.59 Å². The summed E-state index contributed by atoms with van der Waals surface area (Å²) in [4.78, 5) is 23.3. The molecule has 0 radical (unpaired) electrons. The van der Waals surface area contributed by atoms with Crippen LogP contribution in [0.3, 0.4) is 0 Å². The number of aryl methyl sites for hydroxylation is 1. The Labute approximate surface area is 105 Å². The number of hydrogen-bond acceptors (Lipinski definition) is 3. The highest BCUT2D eigenvalue weighted by Gasteiger charge is 2.23. The average molecular weight is 248 g/mol. The molecule has 2 N–H and O–H groups in total. The zero-order valence-electron chi connectivity index (χ0n) is 10.2. The molecule has 2 rings (SSSR count). The molecule has 1 aliphatic heterocycles. The SMILES string of the molecule is Cc1ccc(C(=O)NNC(=O)C2CCCO2)cc1. The lowest BCUT2D eigenvalue weighted by Crippen LogP contribution is -2.46. The molecular weight excluding hydrogens is 232 g/mol. The minimum atomic E-state index is -0.441. The van der Waals surface area contributed by atoms with Crippen molar-refractivity contribution < 1.29 is 14.3 Å². The van der Waals surface area contributed by atoms with Gasteiger partial charge in [-0.25, -0.2) is 0 Å². The Morgan fingerprint density at radius 3 is 2.56 bits per heavy atom. The van der Waals surface area contributed by atoms with Crippen LogP contribution in [0.1, 0.15) is 28.8 Å². The summed E-state index contributed by atoms with van der Waals surface area (Å²) in [5.41, 5.74) is 6.34. The van der Waals surface area contributed by atoms with Crippen LogP contribution in [0.2, 0.25) is 0 Å². The quantitative estimate of drug-likeness (QED) is 0.765. The normalized spacial score (nSPS) is 18.4. The lowest BCUT2D eigenvalue weighted by molar-refractivity contribution is -0.130. The third-order valence-electron chi connectivity index (χ3n) is 2.84. The number of rotatable bonds is 2. The van der Waals surface area contributed by atoms with Crippen LogP contribution in [0.25, 0.3) is 0 Å². The standard InChI is InChI=1S/C13H16N2O3/c1-9-4-6-10(7-5-9)12(16)14-15-13(17)11-3-2-8-18-11/h4-7,11H,2-3,8H2,1H3,(H,14,16)(H,15,17). The Kier molecular flexibility index (Phi) is 3.94. The summed E-state index contributed by atoms with van der Waals surface area (Å²) in [7, 11) is 0. The Morgan fingerprint density at radius 2 is 1.94 bits per heavy atom. The Hall–Kier alpha value is -1.88. The largest absolute Gasteiger partial charge is 0.368 e. The number of amides is 2. The van der Waals surface area contributed by atoms with Crippen molar-refractivity contribution in [1.82, 2.24) is 10.9 Å². The van der Waals surface area contributed by atoms with Crippen LogP contribution in [-0.2, 0) is 9.53 Å². The maximum absolute atomic E-state index is 11.7. The molecule has 1 atom stereocenters. The first-order chi connectivity index (χ1) is 8.66. The highest BCUT2D eigenvalue weighted by molar-refractivity contribution is 5.95.